The van der Waals surface area contributed by atoms with Gasteiger partial charge in [-0.3, -0.25) is 10.2 Å². The summed E-state index contributed by atoms with van der Waals surface area (Å²) in [6.45, 7) is 0.708. The van der Waals surface area contributed by atoms with E-state index in [1.807, 2.05) is 66.7 Å². The molecule has 0 saturated heterocycles. The lowest BCUT2D eigenvalue weighted by Gasteiger charge is -2.29. The molecule has 0 spiro atoms. The van der Waals surface area contributed by atoms with Crippen LogP contribution in [0.4, 0.5) is 20.4 Å². The number of rotatable bonds is 4. The molecule has 5 aromatic rings. The number of hydrogen-bond donors (Lipinski definition) is 2. The Kier molecular flexibility index (Phi) is 5.91. The first-order valence-electron chi connectivity index (χ1n) is 11.2. The van der Waals surface area contributed by atoms with E-state index in [0.29, 0.717) is 45.2 Å². The van der Waals surface area contributed by atoms with E-state index in [-0.39, 0.29) is 11.9 Å². The third-order valence-corrected chi connectivity index (χ3v) is 7.72. The molecule has 0 atom stereocenters. The molecule has 0 bridgehead atoms. The summed E-state index contributed by atoms with van der Waals surface area (Å²) in [5.74, 6) is 0.578. The van der Waals surface area contributed by atoms with E-state index < -0.39 is 6.16 Å². The standard InChI is InChI=1S/C26H18N4O5S2/c31-25(29-24-27-17-8-4-5-9-20(17)36-24)30-12-13-34-19-11-10-16(14-18(19)30)23-28-22(35-26(32)33)21(37-23)15-6-2-1-3-7-15/h1-11,14H,12-13H2,(H,32,33)(H,27,29,31). The number of amides is 2. The lowest BCUT2D eigenvalue weighted by Crippen LogP contribution is -2.40. The Morgan fingerprint density at radius 3 is 2.59 bits per heavy atom. The second-order valence-corrected chi connectivity index (χ2v) is 10.0. The van der Waals surface area contributed by atoms with Crippen LogP contribution in [-0.4, -0.2) is 40.4 Å². The van der Waals surface area contributed by atoms with Crippen LogP contribution in [0.2, 0.25) is 0 Å². The average molecular weight is 531 g/mol. The van der Waals surface area contributed by atoms with Crippen molar-refractivity contribution in [2.75, 3.05) is 23.4 Å². The van der Waals surface area contributed by atoms with Gasteiger partial charge in [0.2, 0.25) is 5.88 Å². The number of urea groups is 1. The van der Waals surface area contributed by atoms with Gasteiger partial charge in [-0.2, -0.15) is 0 Å². The van der Waals surface area contributed by atoms with Crippen LogP contribution < -0.4 is 19.7 Å². The monoisotopic (exact) mass is 530 g/mol. The topological polar surface area (TPSA) is 114 Å². The maximum absolute atomic E-state index is 13.2. The molecule has 184 valence electrons. The Morgan fingerprint density at radius 2 is 1.78 bits per heavy atom. The highest BCUT2D eigenvalue weighted by molar-refractivity contribution is 7.22. The van der Waals surface area contributed by atoms with Crippen LogP contribution in [0.3, 0.4) is 0 Å². The Labute approximate surface area is 218 Å². The molecule has 0 aliphatic carbocycles. The molecule has 0 fully saturated rings. The minimum Gasteiger partial charge on any atom is -0.490 e. The highest BCUT2D eigenvalue weighted by atomic mass is 32.1. The molecule has 6 rings (SSSR count). The number of ether oxygens (including phenoxy) is 2. The summed E-state index contributed by atoms with van der Waals surface area (Å²) in [5.41, 5.74) is 2.90. The Bertz CT molecular complexity index is 1600. The number of carbonyl (C=O) groups is 2. The van der Waals surface area contributed by atoms with Crippen molar-refractivity contribution in [2.45, 2.75) is 0 Å². The fourth-order valence-electron chi connectivity index (χ4n) is 4.00. The molecule has 0 radical (unpaired) electrons. The molecule has 2 aromatic heterocycles. The zero-order valence-corrected chi connectivity index (χ0v) is 20.7. The zero-order chi connectivity index (χ0) is 25.4. The molecule has 9 nitrogen and oxygen atoms in total. The third kappa shape index (κ3) is 4.57. The summed E-state index contributed by atoms with van der Waals surface area (Å²) in [6, 6.07) is 22.1. The number of para-hydroxylation sites is 1. The number of carboxylic acid groups (broad SMARTS) is 1. The summed E-state index contributed by atoms with van der Waals surface area (Å²) in [6.07, 6.45) is -1.44. The van der Waals surface area contributed by atoms with E-state index in [0.717, 1.165) is 15.8 Å². The normalized spacial score (nSPS) is 12.6. The van der Waals surface area contributed by atoms with E-state index in [4.69, 9.17) is 9.47 Å². The summed E-state index contributed by atoms with van der Waals surface area (Å²) in [7, 11) is 0. The van der Waals surface area contributed by atoms with E-state index in [1.165, 1.54) is 22.7 Å². The molecular weight excluding hydrogens is 512 g/mol. The van der Waals surface area contributed by atoms with Gasteiger partial charge in [0.1, 0.15) is 17.4 Å². The number of aromatic nitrogens is 2. The SMILES string of the molecule is O=C(O)Oc1nc(-c2ccc3c(c2)N(C(=O)Nc2nc4ccccc4s2)CCO3)sc1-c1ccccc1. The van der Waals surface area contributed by atoms with Crippen LogP contribution in [0.1, 0.15) is 0 Å². The van der Waals surface area contributed by atoms with Crippen LogP contribution in [-0.2, 0) is 0 Å². The molecule has 37 heavy (non-hydrogen) atoms. The third-order valence-electron chi connectivity index (χ3n) is 5.64. The molecule has 2 N–H and O–H groups in total. The largest absolute Gasteiger partial charge is 0.512 e. The second-order valence-electron chi connectivity index (χ2n) is 7.99. The zero-order valence-electron chi connectivity index (χ0n) is 19.1. The van der Waals surface area contributed by atoms with E-state index in [2.05, 4.69) is 15.3 Å². The van der Waals surface area contributed by atoms with Crippen molar-refractivity contribution in [3.63, 3.8) is 0 Å². The van der Waals surface area contributed by atoms with Crippen molar-refractivity contribution in [1.82, 2.24) is 9.97 Å². The van der Waals surface area contributed by atoms with E-state index >= 15 is 0 Å². The van der Waals surface area contributed by atoms with Crippen molar-refractivity contribution >= 4 is 55.9 Å². The van der Waals surface area contributed by atoms with Gasteiger partial charge in [-0.15, -0.1) is 11.3 Å². The first kappa shape index (κ1) is 23.0. The first-order valence-corrected chi connectivity index (χ1v) is 12.9. The number of carbonyl (C=O) groups excluding carboxylic acids is 1. The highest BCUT2D eigenvalue weighted by Gasteiger charge is 2.26. The van der Waals surface area contributed by atoms with Crippen molar-refractivity contribution in [2.24, 2.45) is 0 Å². The van der Waals surface area contributed by atoms with Crippen LogP contribution in [0.15, 0.2) is 72.8 Å². The van der Waals surface area contributed by atoms with Gasteiger partial charge in [0, 0.05) is 5.56 Å². The van der Waals surface area contributed by atoms with Gasteiger partial charge >= 0.3 is 12.2 Å². The molecule has 0 unspecified atom stereocenters. The Morgan fingerprint density at radius 1 is 0.973 bits per heavy atom. The lowest BCUT2D eigenvalue weighted by molar-refractivity contribution is 0.143. The summed E-state index contributed by atoms with van der Waals surface area (Å²) in [4.78, 5) is 35.7. The number of hydrogen-bond acceptors (Lipinski definition) is 8. The van der Waals surface area contributed by atoms with E-state index in [9.17, 15) is 14.7 Å². The number of anilines is 2. The van der Waals surface area contributed by atoms with Gasteiger partial charge in [-0.1, -0.05) is 53.8 Å². The predicted molar refractivity (Wildman–Crippen MR) is 143 cm³/mol. The molecule has 2 amide bonds. The number of benzene rings is 3. The van der Waals surface area contributed by atoms with E-state index in [1.54, 1.807) is 11.0 Å². The summed E-state index contributed by atoms with van der Waals surface area (Å²) in [5, 5.41) is 13.2. The average Bonchev–Trinajstić information content (AvgIpc) is 3.51. The Balaban J connectivity index is 1.33. The molecule has 1 aliphatic rings. The number of thiazole rings is 2. The molecule has 3 heterocycles. The smallest absolute Gasteiger partial charge is 0.490 e. The number of fused-ring (bicyclic) bond motifs is 2. The summed E-state index contributed by atoms with van der Waals surface area (Å²) < 4.78 is 11.8. The van der Waals surface area contributed by atoms with Crippen LogP contribution in [0.5, 0.6) is 11.6 Å². The number of nitrogens with one attached hydrogen (secondary N) is 1. The second kappa shape index (κ2) is 9.52. The van der Waals surface area contributed by atoms with Gasteiger partial charge in [-0.05, 0) is 35.9 Å². The van der Waals surface area contributed by atoms with Crippen molar-refractivity contribution in [1.29, 1.82) is 0 Å². The fraction of sp³-hybridized carbons (Fsp3) is 0.0769. The quantitative estimate of drug-likeness (QED) is 0.253. The van der Waals surface area contributed by atoms with Crippen LogP contribution in [0, 0.1) is 0 Å². The van der Waals surface area contributed by atoms with Gasteiger partial charge in [0.05, 0.1) is 27.3 Å². The van der Waals surface area contributed by atoms with Gasteiger partial charge in [0.25, 0.3) is 0 Å². The Hall–Kier alpha value is -4.48. The fourth-order valence-corrected chi connectivity index (χ4v) is 5.85. The predicted octanol–water partition coefficient (Wildman–Crippen LogP) is 6.57. The molecule has 3 aromatic carbocycles. The highest BCUT2D eigenvalue weighted by Crippen LogP contribution is 2.43. The lowest BCUT2D eigenvalue weighted by atomic mass is 10.1. The van der Waals surface area contributed by atoms with Crippen LogP contribution >= 0.6 is 22.7 Å². The molecular formula is C26H18N4O5S2. The van der Waals surface area contributed by atoms with Gasteiger partial charge in [0.15, 0.2) is 5.13 Å². The van der Waals surface area contributed by atoms with Crippen molar-refractivity contribution < 1.29 is 24.2 Å². The minimum absolute atomic E-state index is 0.0121. The van der Waals surface area contributed by atoms with Crippen LogP contribution in [0.25, 0.3) is 31.2 Å². The minimum atomic E-state index is -1.44. The summed E-state index contributed by atoms with van der Waals surface area (Å²) >= 11 is 2.71. The first-order chi connectivity index (χ1) is 18.0. The molecule has 1 aliphatic heterocycles. The maximum atomic E-state index is 13.2. The number of nitrogens with zero attached hydrogens (tertiary/aromatic N) is 3. The van der Waals surface area contributed by atoms with Gasteiger partial charge in [-0.25, -0.2) is 19.6 Å². The van der Waals surface area contributed by atoms with Crippen molar-refractivity contribution in [3.8, 4) is 32.6 Å². The van der Waals surface area contributed by atoms with Crippen molar-refractivity contribution in [3.05, 3.63) is 72.8 Å². The maximum Gasteiger partial charge on any atom is 0.512 e. The molecule has 11 heteroatoms. The van der Waals surface area contributed by atoms with Gasteiger partial charge < -0.3 is 14.6 Å². The molecule has 0 saturated carbocycles.